The number of nitrogens with zero attached hydrogens (tertiary/aromatic N) is 2. The highest BCUT2D eigenvalue weighted by atomic mass is 19.4. The predicted molar refractivity (Wildman–Crippen MR) is 141 cm³/mol. The second-order valence-corrected chi connectivity index (χ2v) is 10.8. The minimum Gasteiger partial charge on any atom is -0.345 e. The van der Waals surface area contributed by atoms with Gasteiger partial charge in [0.05, 0.1) is 24.4 Å². The number of alkyl halides is 3. The first-order valence-corrected chi connectivity index (χ1v) is 13.5. The van der Waals surface area contributed by atoms with E-state index in [1.807, 2.05) is 13.8 Å². The third-order valence-corrected chi connectivity index (χ3v) is 6.96. The van der Waals surface area contributed by atoms with Crippen LogP contribution in [0.3, 0.4) is 0 Å². The van der Waals surface area contributed by atoms with E-state index in [2.05, 4.69) is 20.6 Å². The Morgan fingerprint density at radius 3 is 2.52 bits per heavy atom. The second kappa shape index (κ2) is 13.3. The summed E-state index contributed by atoms with van der Waals surface area (Å²) in [5, 5.41) is 5.21. The van der Waals surface area contributed by atoms with Crippen LogP contribution in [0.4, 0.5) is 17.6 Å². The van der Waals surface area contributed by atoms with Gasteiger partial charge in [0.1, 0.15) is 23.7 Å². The second-order valence-electron chi connectivity index (χ2n) is 10.8. The van der Waals surface area contributed by atoms with Crippen LogP contribution in [0.5, 0.6) is 0 Å². The van der Waals surface area contributed by atoms with Gasteiger partial charge in [-0.1, -0.05) is 19.9 Å². The van der Waals surface area contributed by atoms with Gasteiger partial charge in [0.15, 0.2) is 0 Å². The van der Waals surface area contributed by atoms with Gasteiger partial charge in [0.2, 0.25) is 17.7 Å². The lowest BCUT2D eigenvalue weighted by Crippen LogP contribution is -2.55. The molecular formula is C28H37F4N5O3. The summed E-state index contributed by atoms with van der Waals surface area (Å²) >= 11 is 0. The Bertz CT molecular complexity index is 1200. The molecule has 1 aliphatic rings. The van der Waals surface area contributed by atoms with Crippen LogP contribution in [0.2, 0.25) is 0 Å². The summed E-state index contributed by atoms with van der Waals surface area (Å²) in [5.41, 5.74) is 1.44. The highest BCUT2D eigenvalue weighted by Crippen LogP contribution is 2.32. The SMILES string of the molecule is Cc1ccc(-c2cnc([C@H](C)NC(=O)[C@H](CC(=O)N3CCCC[C@@H]3C(F)(F)F)NC(=O)CCC(C)C)[nH]2)c(F)c1. The van der Waals surface area contributed by atoms with E-state index in [0.717, 1.165) is 10.5 Å². The number of piperidine rings is 1. The van der Waals surface area contributed by atoms with Crippen molar-refractivity contribution in [2.45, 2.75) is 90.5 Å². The van der Waals surface area contributed by atoms with Crippen LogP contribution in [-0.2, 0) is 14.4 Å². The summed E-state index contributed by atoms with van der Waals surface area (Å²) in [6, 6.07) is 0.702. The normalized spacial score (nSPS) is 17.4. The number of halogens is 4. The molecule has 1 aromatic carbocycles. The first kappa shape index (κ1) is 31.1. The number of carbonyl (C=O) groups excluding carboxylic acids is 3. The van der Waals surface area contributed by atoms with Crippen LogP contribution in [0, 0.1) is 18.7 Å². The zero-order valence-electron chi connectivity index (χ0n) is 23.2. The number of aromatic amines is 1. The number of hydrogen-bond donors (Lipinski definition) is 3. The molecule has 2 aromatic rings. The molecule has 0 aliphatic carbocycles. The van der Waals surface area contributed by atoms with Crippen LogP contribution in [0.15, 0.2) is 24.4 Å². The Hall–Kier alpha value is -3.44. The zero-order chi connectivity index (χ0) is 29.6. The van der Waals surface area contributed by atoms with E-state index in [0.29, 0.717) is 36.3 Å². The molecule has 0 saturated carbocycles. The lowest BCUT2D eigenvalue weighted by Gasteiger charge is -2.37. The monoisotopic (exact) mass is 567 g/mol. The van der Waals surface area contributed by atoms with Crippen molar-refractivity contribution in [2.75, 3.05) is 6.54 Å². The fourth-order valence-electron chi connectivity index (χ4n) is 4.67. The highest BCUT2D eigenvalue weighted by Gasteiger charge is 2.46. The standard InChI is InChI=1S/C28H37F4N5O3/c1-16(2)8-11-24(38)35-21(14-25(39)37-12-6-5-7-23(37)28(30,31)32)27(40)34-18(4)26-33-15-22(36-26)19-10-9-17(3)13-20(19)29/h9-10,13,15-16,18,21,23H,5-8,11-12,14H2,1-4H3,(H,33,36)(H,34,40)(H,35,38)/t18-,21-,23+/m0/s1. The number of amides is 3. The summed E-state index contributed by atoms with van der Waals surface area (Å²) in [7, 11) is 0. The average molecular weight is 568 g/mol. The molecular weight excluding hydrogens is 530 g/mol. The fourth-order valence-corrected chi connectivity index (χ4v) is 4.67. The van der Waals surface area contributed by atoms with Gasteiger partial charge >= 0.3 is 6.18 Å². The summed E-state index contributed by atoms with van der Waals surface area (Å²) in [6.45, 7) is 7.16. The molecule has 0 radical (unpaired) electrons. The average Bonchev–Trinajstić information content (AvgIpc) is 3.36. The van der Waals surface area contributed by atoms with E-state index in [1.54, 1.807) is 26.0 Å². The molecule has 1 aromatic heterocycles. The van der Waals surface area contributed by atoms with Crippen molar-refractivity contribution in [1.29, 1.82) is 0 Å². The third kappa shape index (κ3) is 8.28. The molecule has 3 N–H and O–H groups in total. The topological polar surface area (TPSA) is 107 Å². The third-order valence-electron chi connectivity index (χ3n) is 6.96. The summed E-state index contributed by atoms with van der Waals surface area (Å²) in [4.78, 5) is 46.8. The minimum absolute atomic E-state index is 0.0697. The number of imidazole rings is 1. The van der Waals surface area contributed by atoms with Crippen molar-refractivity contribution in [3.8, 4) is 11.3 Å². The quantitative estimate of drug-likeness (QED) is 0.353. The molecule has 3 rings (SSSR count). The molecule has 3 amide bonds. The van der Waals surface area contributed by atoms with Gasteiger partial charge in [-0.25, -0.2) is 9.37 Å². The first-order chi connectivity index (χ1) is 18.8. The predicted octanol–water partition coefficient (Wildman–Crippen LogP) is 4.96. The Labute approximate surface area is 231 Å². The molecule has 3 atom stereocenters. The number of H-pyrrole nitrogens is 1. The fraction of sp³-hybridized carbons (Fsp3) is 0.571. The van der Waals surface area contributed by atoms with Gasteiger partial charge in [-0.2, -0.15) is 13.2 Å². The van der Waals surface area contributed by atoms with E-state index in [-0.39, 0.29) is 25.3 Å². The van der Waals surface area contributed by atoms with E-state index in [1.165, 1.54) is 12.3 Å². The largest absolute Gasteiger partial charge is 0.408 e. The first-order valence-electron chi connectivity index (χ1n) is 13.5. The van der Waals surface area contributed by atoms with Crippen molar-refractivity contribution >= 4 is 17.7 Å². The van der Waals surface area contributed by atoms with Crippen molar-refractivity contribution in [1.82, 2.24) is 25.5 Å². The van der Waals surface area contributed by atoms with Crippen LogP contribution >= 0.6 is 0 Å². The Kier molecular flexibility index (Phi) is 10.3. The molecule has 1 fully saturated rings. The molecule has 1 saturated heterocycles. The zero-order valence-corrected chi connectivity index (χ0v) is 23.2. The molecule has 8 nitrogen and oxygen atoms in total. The number of aryl methyl sites for hydroxylation is 1. The minimum atomic E-state index is -4.59. The molecule has 0 unspecified atom stereocenters. The number of rotatable bonds is 10. The number of carbonyl (C=O) groups is 3. The van der Waals surface area contributed by atoms with Gasteiger partial charge in [-0.3, -0.25) is 14.4 Å². The van der Waals surface area contributed by atoms with Crippen LogP contribution in [0.25, 0.3) is 11.3 Å². The molecule has 12 heteroatoms. The molecule has 220 valence electrons. The number of aromatic nitrogens is 2. The molecule has 0 spiro atoms. The Morgan fingerprint density at radius 1 is 1.15 bits per heavy atom. The summed E-state index contributed by atoms with van der Waals surface area (Å²) in [6.07, 6.45) is -2.57. The van der Waals surface area contributed by atoms with E-state index in [4.69, 9.17) is 0 Å². The van der Waals surface area contributed by atoms with Crippen LogP contribution < -0.4 is 10.6 Å². The summed E-state index contributed by atoms with van der Waals surface area (Å²) in [5.74, 6) is -1.99. The maximum absolute atomic E-state index is 14.4. The molecule has 1 aliphatic heterocycles. The lowest BCUT2D eigenvalue weighted by atomic mass is 10.00. The van der Waals surface area contributed by atoms with Gasteiger partial charge in [0, 0.05) is 18.5 Å². The van der Waals surface area contributed by atoms with Gasteiger partial charge in [0.25, 0.3) is 0 Å². The Morgan fingerprint density at radius 2 is 1.88 bits per heavy atom. The lowest BCUT2D eigenvalue weighted by molar-refractivity contribution is -0.196. The van der Waals surface area contributed by atoms with E-state index in [9.17, 15) is 31.9 Å². The van der Waals surface area contributed by atoms with Crippen molar-refractivity contribution < 1.29 is 31.9 Å². The smallest absolute Gasteiger partial charge is 0.345 e. The number of hydrogen-bond acceptors (Lipinski definition) is 4. The van der Waals surface area contributed by atoms with Crippen molar-refractivity contribution in [3.05, 3.63) is 41.6 Å². The molecule has 2 heterocycles. The molecule has 0 bridgehead atoms. The number of nitrogens with one attached hydrogen (secondary N) is 3. The molecule has 40 heavy (non-hydrogen) atoms. The van der Waals surface area contributed by atoms with Crippen molar-refractivity contribution in [3.63, 3.8) is 0 Å². The number of likely N-dealkylation sites (tertiary alicyclic amines) is 1. The maximum Gasteiger partial charge on any atom is 0.408 e. The van der Waals surface area contributed by atoms with Gasteiger partial charge in [-0.05, 0) is 63.1 Å². The van der Waals surface area contributed by atoms with E-state index < -0.39 is 54.3 Å². The highest BCUT2D eigenvalue weighted by molar-refractivity contribution is 5.92. The van der Waals surface area contributed by atoms with Gasteiger partial charge < -0.3 is 20.5 Å². The van der Waals surface area contributed by atoms with Gasteiger partial charge in [-0.15, -0.1) is 0 Å². The van der Waals surface area contributed by atoms with E-state index >= 15 is 0 Å². The van der Waals surface area contributed by atoms with Crippen LogP contribution in [-0.4, -0.2) is 57.4 Å². The number of benzene rings is 1. The Balaban J connectivity index is 1.75. The van der Waals surface area contributed by atoms with Crippen molar-refractivity contribution in [2.24, 2.45) is 5.92 Å². The maximum atomic E-state index is 14.4. The van der Waals surface area contributed by atoms with Crippen LogP contribution in [0.1, 0.15) is 76.7 Å². The summed E-state index contributed by atoms with van der Waals surface area (Å²) < 4.78 is 55.2.